The smallest absolute Gasteiger partial charge is 0.266 e. The minimum atomic E-state index is -0.191. The van der Waals surface area contributed by atoms with E-state index in [9.17, 15) is 14.7 Å². The van der Waals surface area contributed by atoms with Gasteiger partial charge in [0.05, 0.1) is 30.9 Å². The molecule has 0 saturated carbocycles. The third-order valence-corrected chi connectivity index (χ3v) is 6.36. The first-order chi connectivity index (χ1) is 16.0. The normalized spacial score (nSPS) is 18.9. The number of benzene rings is 2. The molecule has 2 fully saturated rings. The van der Waals surface area contributed by atoms with E-state index >= 15 is 0 Å². The van der Waals surface area contributed by atoms with Crippen molar-refractivity contribution in [1.29, 1.82) is 0 Å². The molecule has 0 aliphatic carbocycles. The number of ether oxygens (including phenoxy) is 2. The van der Waals surface area contributed by atoms with Crippen molar-refractivity contribution in [2.45, 2.75) is 6.92 Å². The average Bonchev–Trinajstić information content (AvgIpc) is 3.14. The van der Waals surface area contributed by atoms with Gasteiger partial charge < -0.3 is 19.5 Å². The number of thioether (sulfide) groups is 1. The second kappa shape index (κ2) is 10.1. The van der Waals surface area contributed by atoms with E-state index in [0.29, 0.717) is 65.5 Å². The van der Waals surface area contributed by atoms with Gasteiger partial charge in [-0.1, -0.05) is 18.2 Å². The van der Waals surface area contributed by atoms with E-state index < -0.39 is 0 Å². The summed E-state index contributed by atoms with van der Waals surface area (Å²) in [5.74, 6) is 0.0624. The lowest BCUT2D eigenvalue weighted by atomic mass is 10.1. The van der Waals surface area contributed by atoms with Gasteiger partial charge in [0.1, 0.15) is 0 Å². The summed E-state index contributed by atoms with van der Waals surface area (Å²) < 4.78 is 10.5. The van der Waals surface area contributed by atoms with Crippen molar-refractivity contribution in [2.75, 3.05) is 40.0 Å². The van der Waals surface area contributed by atoms with E-state index in [1.807, 2.05) is 6.92 Å². The molecule has 9 heteroatoms. The lowest BCUT2D eigenvalue weighted by Gasteiger charge is -2.26. The summed E-state index contributed by atoms with van der Waals surface area (Å²) in [6.45, 7) is 4.52. The van der Waals surface area contributed by atoms with Crippen molar-refractivity contribution < 1.29 is 24.2 Å². The number of hydrogen-bond acceptors (Lipinski definition) is 7. The Morgan fingerprint density at radius 3 is 2.73 bits per heavy atom. The van der Waals surface area contributed by atoms with Gasteiger partial charge in [0.25, 0.3) is 11.8 Å². The quantitative estimate of drug-likeness (QED) is 0.677. The SMILES string of the molecule is CCN1C(=O)/C(=C\c2cccc(OC)c2O)SC1=Nc1cccc(C(=O)N2CCOCC2)c1. The highest BCUT2D eigenvalue weighted by molar-refractivity contribution is 8.18. The molecule has 2 heterocycles. The number of nitrogens with zero attached hydrogens (tertiary/aromatic N) is 3. The highest BCUT2D eigenvalue weighted by atomic mass is 32.2. The number of morpholine rings is 1. The zero-order valence-corrected chi connectivity index (χ0v) is 19.3. The fraction of sp³-hybridized carbons (Fsp3) is 0.292. The summed E-state index contributed by atoms with van der Waals surface area (Å²) in [6, 6.07) is 12.2. The number of likely N-dealkylation sites (N-methyl/N-ethyl adjacent to an activating group) is 1. The zero-order chi connectivity index (χ0) is 23.4. The van der Waals surface area contributed by atoms with Gasteiger partial charge in [-0.2, -0.15) is 0 Å². The molecule has 33 heavy (non-hydrogen) atoms. The number of para-hydroxylation sites is 1. The number of amidine groups is 1. The maximum Gasteiger partial charge on any atom is 0.266 e. The van der Waals surface area contributed by atoms with E-state index in [1.54, 1.807) is 58.3 Å². The maximum absolute atomic E-state index is 13.0. The first kappa shape index (κ1) is 22.9. The van der Waals surface area contributed by atoms with Crippen LogP contribution in [0.5, 0.6) is 11.5 Å². The molecular formula is C24H25N3O5S. The monoisotopic (exact) mass is 467 g/mol. The van der Waals surface area contributed by atoms with Crippen LogP contribution in [0.3, 0.4) is 0 Å². The van der Waals surface area contributed by atoms with Gasteiger partial charge in [-0.05, 0) is 49.0 Å². The summed E-state index contributed by atoms with van der Waals surface area (Å²) in [6.07, 6.45) is 1.63. The first-order valence-electron chi connectivity index (χ1n) is 10.6. The number of aliphatic imine (C=N–C) groups is 1. The van der Waals surface area contributed by atoms with Gasteiger partial charge in [0.15, 0.2) is 16.7 Å². The van der Waals surface area contributed by atoms with Gasteiger partial charge in [0, 0.05) is 30.8 Å². The molecular weight excluding hydrogens is 442 g/mol. The van der Waals surface area contributed by atoms with Crippen molar-refractivity contribution in [1.82, 2.24) is 9.80 Å². The van der Waals surface area contributed by atoms with Crippen molar-refractivity contribution in [2.24, 2.45) is 4.99 Å². The third kappa shape index (κ3) is 4.89. The number of phenolic OH excluding ortho intramolecular Hbond substituents is 1. The average molecular weight is 468 g/mol. The molecule has 2 saturated heterocycles. The molecule has 2 aliphatic rings. The van der Waals surface area contributed by atoms with Gasteiger partial charge in [-0.25, -0.2) is 4.99 Å². The van der Waals surface area contributed by atoms with Gasteiger partial charge >= 0.3 is 0 Å². The number of aromatic hydroxyl groups is 1. The van der Waals surface area contributed by atoms with E-state index in [0.717, 1.165) is 0 Å². The summed E-state index contributed by atoms with van der Waals surface area (Å²) in [4.78, 5) is 34.2. The van der Waals surface area contributed by atoms with Crippen LogP contribution in [-0.2, 0) is 9.53 Å². The topological polar surface area (TPSA) is 91.7 Å². The predicted octanol–water partition coefficient (Wildman–Crippen LogP) is 3.50. The number of phenols is 1. The van der Waals surface area contributed by atoms with Crippen molar-refractivity contribution >= 4 is 40.5 Å². The van der Waals surface area contributed by atoms with Crippen LogP contribution in [0.4, 0.5) is 5.69 Å². The van der Waals surface area contributed by atoms with Crippen LogP contribution in [0, 0.1) is 0 Å². The summed E-state index contributed by atoms with van der Waals surface area (Å²) in [5, 5.41) is 10.9. The van der Waals surface area contributed by atoms with E-state index in [4.69, 9.17) is 9.47 Å². The Morgan fingerprint density at radius 2 is 2.00 bits per heavy atom. The molecule has 0 aromatic heterocycles. The van der Waals surface area contributed by atoms with Crippen LogP contribution < -0.4 is 4.74 Å². The number of carbonyl (C=O) groups is 2. The Labute approximate surface area is 196 Å². The van der Waals surface area contributed by atoms with Crippen molar-refractivity contribution in [3.8, 4) is 11.5 Å². The van der Waals surface area contributed by atoms with Gasteiger partial charge in [-0.3, -0.25) is 14.5 Å². The molecule has 172 valence electrons. The summed E-state index contributed by atoms with van der Waals surface area (Å²) >= 11 is 1.23. The number of carbonyl (C=O) groups excluding carboxylic acids is 2. The van der Waals surface area contributed by atoms with E-state index in [-0.39, 0.29) is 17.6 Å². The van der Waals surface area contributed by atoms with Gasteiger partial charge in [-0.15, -0.1) is 0 Å². The minimum absolute atomic E-state index is 0.0244. The Bertz CT molecular complexity index is 1120. The van der Waals surface area contributed by atoms with E-state index in [1.165, 1.54) is 18.9 Å². The van der Waals surface area contributed by atoms with Crippen molar-refractivity contribution in [3.05, 3.63) is 58.5 Å². The van der Waals surface area contributed by atoms with Crippen LogP contribution in [0.15, 0.2) is 52.4 Å². The molecule has 0 atom stereocenters. The van der Waals surface area contributed by atoms with E-state index in [2.05, 4.69) is 4.99 Å². The minimum Gasteiger partial charge on any atom is -0.504 e. The molecule has 0 bridgehead atoms. The largest absolute Gasteiger partial charge is 0.504 e. The van der Waals surface area contributed by atoms with Gasteiger partial charge in [0.2, 0.25) is 0 Å². The molecule has 0 spiro atoms. The van der Waals surface area contributed by atoms with Crippen molar-refractivity contribution in [3.63, 3.8) is 0 Å². The third-order valence-electron chi connectivity index (χ3n) is 5.36. The highest BCUT2D eigenvalue weighted by Crippen LogP contribution is 2.37. The Balaban J connectivity index is 1.61. The molecule has 0 radical (unpaired) electrons. The molecule has 0 unspecified atom stereocenters. The van der Waals surface area contributed by atoms with Crippen LogP contribution >= 0.6 is 11.8 Å². The molecule has 2 aromatic rings. The Morgan fingerprint density at radius 1 is 1.24 bits per heavy atom. The predicted molar refractivity (Wildman–Crippen MR) is 128 cm³/mol. The molecule has 1 N–H and O–H groups in total. The summed E-state index contributed by atoms with van der Waals surface area (Å²) in [7, 11) is 1.48. The lowest BCUT2D eigenvalue weighted by Crippen LogP contribution is -2.40. The molecule has 2 amide bonds. The number of amides is 2. The molecule has 2 aromatic carbocycles. The van der Waals surface area contributed by atoms with Crippen LogP contribution in [-0.4, -0.2) is 71.8 Å². The maximum atomic E-state index is 13.0. The number of hydrogen-bond donors (Lipinski definition) is 1. The molecule has 8 nitrogen and oxygen atoms in total. The molecule has 2 aliphatic heterocycles. The fourth-order valence-corrected chi connectivity index (χ4v) is 4.65. The highest BCUT2D eigenvalue weighted by Gasteiger charge is 2.32. The Kier molecular flexibility index (Phi) is 7.00. The second-order valence-electron chi connectivity index (χ2n) is 7.41. The fourth-order valence-electron chi connectivity index (χ4n) is 3.60. The first-order valence-corrected chi connectivity index (χ1v) is 11.5. The van der Waals surface area contributed by atoms with Crippen LogP contribution in [0.25, 0.3) is 6.08 Å². The number of methoxy groups -OCH3 is 1. The lowest BCUT2D eigenvalue weighted by molar-refractivity contribution is -0.122. The number of rotatable bonds is 5. The standard InChI is InChI=1S/C24H25N3O5S/c1-3-27-23(30)20(15-16-6-5-9-19(31-2)21(16)28)33-24(27)25-18-8-4-7-17(14-18)22(29)26-10-12-32-13-11-26/h4-9,14-15,28H,3,10-13H2,1-2H3/b20-15+,25-24?. The molecule has 4 rings (SSSR count). The summed E-state index contributed by atoms with van der Waals surface area (Å²) in [5.41, 5.74) is 1.63. The zero-order valence-electron chi connectivity index (χ0n) is 18.5. The van der Waals surface area contributed by atoms with Crippen LogP contribution in [0.2, 0.25) is 0 Å². The van der Waals surface area contributed by atoms with Crippen LogP contribution in [0.1, 0.15) is 22.8 Å². The second-order valence-corrected chi connectivity index (χ2v) is 8.42. The Hall–Kier alpha value is -3.30.